The number of sulfonamides is 1. The number of carbonyl (C=O) groups is 2. The molecule has 1 fully saturated rings. The highest BCUT2D eigenvalue weighted by molar-refractivity contribution is 7.89. The largest absolute Gasteiger partial charge is 0.370 e. The molecule has 1 aliphatic heterocycles. The maximum Gasteiger partial charge on any atom is 0.327 e. The van der Waals surface area contributed by atoms with Crippen molar-refractivity contribution in [2.45, 2.75) is 30.2 Å². The Balaban J connectivity index is 1.21. The highest BCUT2D eigenvalue weighted by Gasteiger charge is 2.22. The molecule has 0 unspecified atom stereocenters. The normalized spacial score (nSPS) is 14.1. The van der Waals surface area contributed by atoms with Crippen molar-refractivity contribution in [1.82, 2.24) is 20.2 Å². The molecule has 1 saturated heterocycles. The van der Waals surface area contributed by atoms with Crippen LogP contribution in [-0.4, -0.2) is 55.9 Å². The molecular weight excluding hydrogens is 532 g/mol. The minimum atomic E-state index is -3.98. The van der Waals surface area contributed by atoms with Crippen LogP contribution in [0.4, 0.5) is 11.6 Å². The van der Waals surface area contributed by atoms with Gasteiger partial charge in [0, 0.05) is 43.6 Å². The number of rotatable bonds is 10. The summed E-state index contributed by atoms with van der Waals surface area (Å²) in [5.41, 5.74) is 1.18. The summed E-state index contributed by atoms with van der Waals surface area (Å²) < 4.78 is 24.2. The molecule has 1 aliphatic rings. The van der Waals surface area contributed by atoms with Gasteiger partial charge in [-0.2, -0.15) is 0 Å². The molecule has 38 heavy (non-hydrogen) atoms. The number of hydrogen-bond acceptors (Lipinski definition) is 9. The lowest BCUT2D eigenvalue weighted by molar-refractivity contribution is -0.146. The molecule has 0 saturated carbocycles. The molecule has 3 N–H and O–H groups in total. The number of amides is 1. The second-order valence-electron chi connectivity index (χ2n) is 8.52. The van der Waals surface area contributed by atoms with Gasteiger partial charge < -0.3 is 20.4 Å². The van der Waals surface area contributed by atoms with E-state index in [9.17, 15) is 18.0 Å². The molecule has 4 rings (SSSR count). The molecule has 11 nitrogen and oxygen atoms in total. The first kappa shape index (κ1) is 27.3. The van der Waals surface area contributed by atoms with Gasteiger partial charge in [0.05, 0.1) is 22.0 Å². The van der Waals surface area contributed by atoms with Gasteiger partial charge in [0.2, 0.25) is 5.95 Å². The van der Waals surface area contributed by atoms with Gasteiger partial charge in [0.15, 0.2) is 0 Å². The third kappa shape index (κ3) is 7.40. The van der Waals surface area contributed by atoms with E-state index in [1.165, 1.54) is 12.1 Å². The zero-order valence-corrected chi connectivity index (χ0v) is 21.9. The van der Waals surface area contributed by atoms with Gasteiger partial charge in [-0.1, -0.05) is 29.8 Å². The minimum absolute atomic E-state index is 0.0377. The van der Waals surface area contributed by atoms with Crippen LogP contribution in [0.5, 0.6) is 0 Å². The van der Waals surface area contributed by atoms with Gasteiger partial charge in [-0.25, -0.2) is 18.4 Å². The number of carbonyl (C=O) groups excluding carboxylic acids is 2. The summed E-state index contributed by atoms with van der Waals surface area (Å²) in [6.45, 7) is 1.52. The first-order valence-electron chi connectivity index (χ1n) is 11.9. The van der Waals surface area contributed by atoms with E-state index in [0.717, 1.165) is 31.6 Å². The average molecular weight is 559 g/mol. The van der Waals surface area contributed by atoms with Gasteiger partial charge in [-0.05, 0) is 54.1 Å². The van der Waals surface area contributed by atoms with Crippen molar-refractivity contribution < 1.29 is 22.8 Å². The van der Waals surface area contributed by atoms with Crippen LogP contribution in [0.15, 0.2) is 71.9 Å². The van der Waals surface area contributed by atoms with E-state index in [-0.39, 0.29) is 23.9 Å². The number of piperidine rings is 1. The van der Waals surface area contributed by atoms with Crippen molar-refractivity contribution in [3.63, 3.8) is 0 Å². The standard InChI is InChI=1S/C25H27ClN6O5S/c26-21-17-18(7-8-22(21)32-15-10-19(11-16-32)30-25-28-12-4-13-29-25)24(34)27-14-9-23(33)37-31-38(35,36)20-5-2-1-3-6-20/h1-8,12-13,17,19,31H,9-11,14-16H2,(H,27,34)(H,28,29,30). The summed E-state index contributed by atoms with van der Waals surface area (Å²) in [5, 5.41) is 6.39. The molecule has 0 aliphatic carbocycles. The Kier molecular flexibility index (Phi) is 9.10. The number of benzene rings is 2. The van der Waals surface area contributed by atoms with E-state index in [0.29, 0.717) is 16.5 Å². The van der Waals surface area contributed by atoms with Crippen molar-refractivity contribution in [1.29, 1.82) is 0 Å². The van der Waals surface area contributed by atoms with E-state index in [2.05, 4.69) is 30.3 Å². The maximum atomic E-state index is 12.5. The number of hydrogen-bond donors (Lipinski definition) is 3. The Morgan fingerprint density at radius 2 is 1.74 bits per heavy atom. The summed E-state index contributed by atoms with van der Waals surface area (Å²) in [6.07, 6.45) is 4.93. The monoisotopic (exact) mass is 558 g/mol. The van der Waals surface area contributed by atoms with Crippen LogP contribution in [0.2, 0.25) is 5.02 Å². The predicted molar refractivity (Wildman–Crippen MR) is 142 cm³/mol. The Labute approximate surface area is 225 Å². The van der Waals surface area contributed by atoms with E-state index in [4.69, 9.17) is 11.6 Å². The Hall–Kier alpha value is -3.74. The molecule has 3 aromatic rings. The van der Waals surface area contributed by atoms with Crippen molar-refractivity contribution >= 4 is 45.1 Å². The number of halogens is 1. The fourth-order valence-corrected chi connectivity index (χ4v) is 5.02. The number of aromatic nitrogens is 2. The van der Waals surface area contributed by atoms with Gasteiger partial charge in [-0.3, -0.25) is 9.59 Å². The summed E-state index contributed by atoms with van der Waals surface area (Å²) in [6, 6.07) is 14.6. The Morgan fingerprint density at radius 3 is 2.42 bits per heavy atom. The van der Waals surface area contributed by atoms with Gasteiger partial charge >= 0.3 is 5.97 Å². The van der Waals surface area contributed by atoms with Crippen molar-refractivity contribution in [2.24, 2.45) is 0 Å². The third-order valence-electron chi connectivity index (χ3n) is 5.88. The topological polar surface area (TPSA) is 143 Å². The number of nitrogens with zero attached hydrogens (tertiary/aromatic N) is 3. The summed E-state index contributed by atoms with van der Waals surface area (Å²) in [5.74, 6) is -0.641. The second kappa shape index (κ2) is 12.7. The molecule has 1 aromatic heterocycles. The van der Waals surface area contributed by atoms with Crippen LogP contribution in [0.25, 0.3) is 0 Å². The maximum absolute atomic E-state index is 12.5. The van der Waals surface area contributed by atoms with E-state index < -0.39 is 21.9 Å². The zero-order chi connectivity index (χ0) is 27.0. The minimum Gasteiger partial charge on any atom is -0.370 e. The molecule has 13 heteroatoms. The first-order valence-corrected chi connectivity index (χ1v) is 13.8. The molecule has 2 aromatic carbocycles. The Bertz CT molecular complexity index is 1350. The van der Waals surface area contributed by atoms with Crippen LogP contribution in [0.1, 0.15) is 29.6 Å². The first-order chi connectivity index (χ1) is 18.3. The lowest BCUT2D eigenvalue weighted by atomic mass is 10.0. The van der Waals surface area contributed by atoms with E-state index >= 15 is 0 Å². The highest BCUT2D eigenvalue weighted by atomic mass is 35.5. The SMILES string of the molecule is O=C(CCNC(=O)c1ccc(N2CCC(Nc3ncccn3)CC2)c(Cl)c1)ONS(=O)(=O)c1ccccc1. The number of nitrogens with one attached hydrogen (secondary N) is 3. The van der Waals surface area contributed by atoms with Gasteiger partial charge in [0.25, 0.3) is 15.9 Å². The molecular formula is C25H27ClN6O5S. The fourth-order valence-electron chi connectivity index (χ4n) is 3.91. The summed E-state index contributed by atoms with van der Waals surface area (Å²) in [7, 11) is -3.98. The summed E-state index contributed by atoms with van der Waals surface area (Å²) >= 11 is 6.50. The predicted octanol–water partition coefficient (Wildman–Crippen LogP) is 2.77. The van der Waals surface area contributed by atoms with Crippen LogP contribution >= 0.6 is 11.6 Å². The molecule has 2 heterocycles. The van der Waals surface area contributed by atoms with Crippen molar-refractivity contribution in [3.8, 4) is 0 Å². The molecule has 1 amide bonds. The van der Waals surface area contributed by atoms with Crippen LogP contribution in [0, 0.1) is 0 Å². The molecule has 200 valence electrons. The zero-order valence-electron chi connectivity index (χ0n) is 20.3. The molecule has 0 spiro atoms. The average Bonchev–Trinajstić information content (AvgIpc) is 2.93. The second-order valence-corrected chi connectivity index (χ2v) is 10.6. The lowest BCUT2D eigenvalue weighted by Gasteiger charge is -2.34. The van der Waals surface area contributed by atoms with Crippen molar-refractivity contribution in [3.05, 3.63) is 77.6 Å². The van der Waals surface area contributed by atoms with Gasteiger partial charge in [-0.15, -0.1) is 0 Å². The van der Waals surface area contributed by atoms with Crippen molar-refractivity contribution in [2.75, 3.05) is 29.9 Å². The highest BCUT2D eigenvalue weighted by Crippen LogP contribution is 2.29. The third-order valence-corrected chi connectivity index (χ3v) is 7.38. The fraction of sp³-hybridized carbons (Fsp3) is 0.280. The van der Waals surface area contributed by atoms with Crippen LogP contribution in [0.3, 0.4) is 0 Å². The lowest BCUT2D eigenvalue weighted by Crippen LogP contribution is -2.39. The van der Waals surface area contributed by atoms with Crippen LogP contribution in [-0.2, 0) is 19.7 Å². The van der Waals surface area contributed by atoms with E-state index in [1.54, 1.807) is 59.7 Å². The van der Waals surface area contributed by atoms with Crippen LogP contribution < -0.4 is 20.4 Å². The Morgan fingerprint density at radius 1 is 1.03 bits per heavy atom. The molecule has 0 bridgehead atoms. The number of anilines is 2. The van der Waals surface area contributed by atoms with E-state index in [1.807, 2.05) is 0 Å². The molecule has 0 atom stereocenters. The smallest absolute Gasteiger partial charge is 0.327 e. The van der Waals surface area contributed by atoms with Gasteiger partial charge in [0.1, 0.15) is 0 Å². The molecule has 0 radical (unpaired) electrons. The quantitative estimate of drug-likeness (QED) is 0.320. The summed E-state index contributed by atoms with van der Waals surface area (Å²) in [4.78, 5) is 41.4.